The van der Waals surface area contributed by atoms with Gasteiger partial charge in [0, 0.05) is 25.2 Å². The van der Waals surface area contributed by atoms with E-state index >= 15 is 0 Å². The maximum atomic E-state index is 14.6. The quantitative estimate of drug-likeness (QED) is 0.355. The molecule has 0 radical (unpaired) electrons. The lowest BCUT2D eigenvalue weighted by Crippen LogP contribution is -2.38. The van der Waals surface area contributed by atoms with Gasteiger partial charge in [0.05, 0.1) is 28.0 Å². The summed E-state index contributed by atoms with van der Waals surface area (Å²) in [6, 6.07) is 10.2. The van der Waals surface area contributed by atoms with E-state index in [0.29, 0.717) is 12.1 Å². The minimum atomic E-state index is -4.81. The van der Waals surface area contributed by atoms with Crippen LogP contribution in [0.4, 0.5) is 23.2 Å². The largest absolute Gasteiger partial charge is 0.414 e. The van der Waals surface area contributed by atoms with E-state index < -0.39 is 29.8 Å². The third kappa shape index (κ3) is 4.90. The Kier molecular flexibility index (Phi) is 6.73. The number of amides is 2. The van der Waals surface area contributed by atoms with Gasteiger partial charge < -0.3 is 15.2 Å². The van der Waals surface area contributed by atoms with Crippen molar-refractivity contribution in [2.75, 3.05) is 5.32 Å². The molecule has 11 heteroatoms. The number of aryl methyl sites for hydroxylation is 1. The number of benzene rings is 2. The van der Waals surface area contributed by atoms with Crippen molar-refractivity contribution in [1.29, 1.82) is 0 Å². The first-order valence-electron chi connectivity index (χ1n) is 11.0. The number of nitrogens with zero attached hydrogens (tertiary/aromatic N) is 3. The highest BCUT2D eigenvalue weighted by molar-refractivity contribution is 6.05. The highest BCUT2D eigenvalue weighted by Gasteiger charge is 2.43. The molecule has 0 unspecified atom stereocenters. The van der Waals surface area contributed by atoms with Crippen molar-refractivity contribution in [3.8, 4) is 11.4 Å². The molecule has 0 saturated carbocycles. The Morgan fingerprint density at radius 2 is 1.81 bits per heavy atom. The number of alkyl halides is 3. The van der Waals surface area contributed by atoms with E-state index in [4.69, 9.17) is 0 Å². The number of aromatic nitrogens is 3. The van der Waals surface area contributed by atoms with Gasteiger partial charge in [0.25, 0.3) is 5.91 Å². The molecule has 0 aliphatic carbocycles. The summed E-state index contributed by atoms with van der Waals surface area (Å²) in [6.45, 7) is 3.39. The number of halogens is 4. The van der Waals surface area contributed by atoms with Gasteiger partial charge in [-0.25, -0.2) is 9.37 Å². The van der Waals surface area contributed by atoms with E-state index in [0.717, 1.165) is 6.07 Å². The molecule has 2 heterocycles. The van der Waals surface area contributed by atoms with Crippen molar-refractivity contribution in [3.63, 3.8) is 0 Å². The molecular weight excluding hydrogens is 478 g/mol. The first-order valence-corrected chi connectivity index (χ1v) is 11.0. The van der Waals surface area contributed by atoms with Crippen LogP contribution in [-0.4, -0.2) is 32.5 Å². The second-order valence-electron chi connectivity index (χ2n) is 7.93. The van der Waals surface area contributed by atoms with Gasteiger partial charge in [-0.15, -0.1) is 0 Å². The SMILES string of the molecule is CCn1c(-c2ccccc2F)nc2cc(C(=O)N[C@H](c3ccccn3)C(F)(F)F)cc(NC(C)=O)c21. The summed E-state index contributed by atoms with van der Waals surface area (Å²) < 4.78 is 57.5. The molecule has 2 amide bonds. The highest BCUT2D eigenvalue weighted by atomic mass is 19.4. The van der Waals surface area contributed by atoms with Crippen LogP contribution in [-0.2, 0) is 11.3 Å². The van der Waals surface area contributed by atoms with E-state index in [1.54, 1.807) is 17.6 Å². The number of nitrogens with one attached hydrogen (secondary N) is 2. The number of anilines is 1. The van der Waals surface area contributed by atoms with Crippen LogP contribution in [0.15, 0.2) is 60.8 Å². The van der Waals surface area contributed by atoms with Crippen molar-refractivity contribution in [1.82, 2.24) is 19.9 Å². The van der Waals surface area contributed by atoms with Crippen molar-refractivity contribution in [2.45, 2.75) is 32.6 Å². The average Bonchev–Trinajstić information content (AvgIpc) is 3.20. The second-order valence-corrected chi connectivity index (χ2v) is 7.93. The van der Waals surface area contributed by atoms with E-state index in [9.17, 15) is 27.2 Å². The van der Waals surface area contributed by atoms with Gasteiger partial charge in [0.1, 0.15) is 11.6 Å². The predicted octanol–water partition coefficient (Wildman–Crippen LogP) is 5.25. The lowest BCUT2D eigenvalue weighted by molar-refractivity contribution is -0.156. The molecule has 0 saturated heterocycles. The molecule has 0 aliphatic rings. The van der Waals surface area contributed by atoms with Crippen LogP contribution >= 0.6 is 0 Å². The fraction of sp³-hybridized carbons (Fsp3) is 0.200. The number of imidazole rings is 1. The summed E-state index contributed by atoms with van der Waals surface area (Å²) in [6.07, 6.45) is -3.61. The Morgan fingerprint density at radius 3 is 2.42 bits per heavy atom. The molecule has 1 atom stereocenters. The van der Waals surface area contributed by atoms with Crippen LogP contribution in [0.25, 0.3) is 22.4 Å². The van der Waals surface area contributed by atoms with Crippen molar-refractivity contribution in [2.24, 2.45) is 0 Å². The summed E-state index contributed by atoms with van der Waals surface area (Å²) in [5.41, 5.74) is 0.412. The van der Waals surface area contributed by atoms with E-state index in [2.05, 4.69) is 15.3 Å². The molecule has 0 spiro atoms. The zero-order valence-corrected chi connectivity index (χ0v) is 19.2. The molecule has 2 aromatic heterocycles. The molecule has 4 aromatic rings. The number of carbonyl (C=O) groups excluding carboxylic acids is 2. The fourth-order valence-electron chi connectivity index (χ4n) is 3.93. The van der Waals surface area contributed by atoms with E-state index in [1.165, 1.54) is 55.6 Å². The number of pyridine rings is 1. The first-order chi connectivity index (χ1) is 17.1. The Bertz CT molecular complexity index is 1430. The number of hydrogen-bond acceptors (Lipinski definition) is 4. The molecule has 7 nitrogen and oxygen atoms in total. The summed E-state index contributed by atoms with van der Waals surface area (Å²) in [5.74, 6) is -1.79. The molecule has 4 rings (SSSR count). The molecule has 186 valence electrons. The normalized spacial score (nSPS) is 12.4. The Hall–Kier alpha value is -4.28. The number of carbonyl (C=O) groups is 2. The van der Waals surface area contributed by atoms with Crippen molar-refractivity contribution >= 4 is 28.5 Å². The maximum absolute atomic E-state index is 14.6. The average molecular weight is 499 g/mol. The molecule has 2 N–H and O–H groups in total. The number of rotatable bonds is 6. The molecular formula is C25H21F4N5O2. The van der Waals surface area contributed by atoms with Crippen molar-refractivity contribution in [3.05, 3.63) is 77.9 Å². The van der Waals surface area contributed by atoms with Gasteiger partial charge in [0.15, 0.2) is 6.04 Å². The smallest absolute Gasteiger partial charge is 0.335 e. The van der Waals surface area contributed by atoms with Crippen LogP contribution in [0.2, 0.25) is 0 Å². The Labute approximate surface area is 203 Å². The first kappa shape index (κ1) is 24.8. The molecule has 36 heavy (non-hydrogen) atoms. The minimum Gasteiger partial charge on any atom is -0.335 e. The summed E-state index contributed by atoms with van der Waals surface area (Å²) in [5, 5.41) is 4.58. The van der Waals surface area contributed by atoms with E-state index in [1.807, 2.05) is 5.32 Å². The fourth-order valence-corrected chi connectivity index (χ4v) is 3.93. The topological polar surface area (TPSA) is 88.9 Å². The van der Waals surface area contributed by atoms with Gasteiger partial charge in [0.2, 0.25) is 5.91 Å². The molecule has 2 aromatic carbocycles. The number of hydrogen-bond donors (Lipinski definition) is 2. The van der Waals surface area contributed by atoms with Crippen molar-refractivity contribution < 1.29 is 27.2 Å². The Balaban J connectivity index is 1.84. The lowest BCUT2D eigenvalue weighted by atomic mass is 10.1. The number of fused-ring (bicyclic) bond motifs is 1. The molecule has 0 bridgehead atoms. The maximum Gasteiger partial charge on any atom is 0.414 e. The van der Waals surface area contributed by atoms with E-state index in [-0.39, 0.29) is 33.8 Å². The molecule has 0 fully saturated rings. The molecule has 0 aliphatic heterocycles. The zero-order chi connectivity index (χ0) is 26.0. The van der Waals surface area contributed by atoms with Gasteiger partial charge in [-0.1, -0.05) is 18.2 Å². The third-order valence-corrected chi connectivity index (χ3v) is 5.43. The minimum absolute atomic E-state index is 0.156. The third-order valence-electron chi connectivity index (χ3n) is 5.43. The van der Waals surface area contributed by atoms with Crippen LogP contribution in [0.3, 0.4) is 0 Å². The zero-order valence-electron chi connectivity index (χ0n) is 19.2. The summed E-state index contributed by atoms with van der Waals surface area (Å²) in [4.78, 5) is 33.1. The Morgan fingerprint density at radius 1 is 1.08 bits per heavy atom. The standard InChI is InChI=1S/C25H21F4N5O2/c1-3-34-21-19(31-14(2)35)12-15(13-20(21)32-23(34)16-8-4-5-9-17(16)26)24(36)33-22(25(27,28)29)18-10-6-7-11-30-18/h4-13,22H,3H2,1-2H3,(H,31,35)(H,33,36)/t22-/m1/s1. The second kappa shape index (κ2) is 9.76. The summed E-state index contributed by atoms with van der Waals surface area (Å²) >= 11 is 0. The van der Waals surface area contributed by atoms with Crippen LogP contribution in [0.5, 0.6) is 0 Å². The van der Waals surface area contributed by atoms with Gasteiger partial charge in [-0.2, -0.15) is 13.2 Å². The highest BCUT2D eigenvalue weighted by Crippen LogP contribution is 2.34. The lowest BCUT2D eigenvalue weighted by Gasteiger charge is -2.21. The van der Waals surface area contributed by atoms with Crippen LogP contribution in [0.1, 0.15) is 35.9 Å². The van der Waals surface area contributed by atoms with Gasteiger partial charge in [-0.3, -0.25) is 14.6 Å². The van der Waals surface area contributed by atoms with Crippen LogP contribution < -0.4 is 10.6 Å². The summed E-state index contributed by atoms with van der Waals surface area (Å²) in [7, 11) is 0. The van der Waals surface area contributed by atoms with Gasteiger partial charge >= 0.3 is 6.18 Å². The predicted molar refractivity (Wildman–Crippen MR) is 126 cm³/mol. The monoisotopic (exact) mass is 499 g/mol. The van der Waals surface area contributed by atoms with Crippen LogP contribution in [0, 0.1) is 5.82 Å². The van der Waals surface area contributed by atoms with Gasteiger partial charge in [-0.05, 0) is 43.3 Å².